The molecule has 2 heteroatoms. The first kappa shape index (κ1) is 12.2. The monoisotopic (exact) mass is 245 g/mol. The van der Waals surface area contributed by atoms with Crippen molar-refractivity contribution in [3.8, 4) is 0 Å². The predicted octanol–water partition coefficient (Wildman–Crippen LogP) is 4.49. The molecule has 0 bridgehead atoms. The fraction of sp³-hybridized carbons (Fsp3) is 0.333. The van der Waals surface area contributed by atoms with E-state index in [2.05, 4.69) is 55.6 Å². The molecule has 90 valence electrons. The molecule has 0 atom stereocenters. The molecule has 2 aromatic rings. The Balaban J connectivity index is 1.96. The summed E-state index contributed by atoms with van der Waals surface area (Å²) >= 11 is 1.90. The predicted molar refractivity (Wildman–Crippen MR) is 76.8 cm³/mol. The second-order valence-electron chi connectivity index (χ2n) is 4.13. The molecule has 1 nitrogen and oxygen atoms in total. The number of rotatable bonds is 5. The van der Waals surface area contributed by atoms with Crippen LogP contribution in [0.3, 0.4) is 0 Å². The number of hydrogen-bond donors (Lipinski definition) is 1. The second kappa shape index (κ2) is 5.87. The molecule has 0 unspecified atom stereocenters. The van der Waals surface area contributed by atoms with Gasteiger partial charge < -0.3 is 5.32 Å². The van der Waals surface area contributed by atoms with Crippen molar-refractivity contribution in [3.05, 3.63) is 51.7 Å². The molecule has 0 radical (unpaired) electrons. The molecule has 0 aliphatic heterocycles. The van der Waals surface area contributed by atoms with Gasteiger partial charge in [0.2, 0.25) is 0 Å². The third kappa shape index (κ3) is 3.34. The Kier molecular flexibility index (Phi) is 4.21. The van der Waals surface area contributed by atoms with E-state index in [0.29, 0.717) is 0 Å². The maximum Gasteiger partial charge on any atom is 0.0494 e. The van der Waals surface area contributed by atoms with Gasteiger partial charge in [-0.05, 0) is 42.7 Å². The summed E-state index contributed by atoms with van der Waals surface area (Å²) in [4.78, 5) is 2.87. The van der Waals surface area contributed by atoms with Gasteiger partial charge in [0.15, 0.2) is 0 Å². The molecule has 0 aliphatic rings. The van der Waals surface area contributed by atoms with E-state index in [4.69, 9.17) is 0 Å². The normalized spacial score (nSPS) is 10.5. The third-order valence-corrected chi connectivity index (χ3v) is 4.10. The maximum atomic E-state index is 3.48. The van der Waals surface area contributed by atoms with Crippen molar-refractivity contribution in [2.24, 2.45) is 0 Å². The highest BCUT2D eigenvalue weighted by Crippen LogP contribution is 2.19. The Morgan fingerprint density at radius 1 is 1.00 bits per heavy atom. The minimum absolute atomic E-state index is 0.928. The number of nitrogens with one attached hydrogen (secondary N) is 1. The van der Waals surface area contributed by atoms with E-state index in [1.807, 2.05) is 11.3 Å². The summed E-state index contributed by atoms with van der Waals surface area (Å²) in [7, 11) is 0. The van der Waals surface area contributed by atoms with Crippen molar-refractivity contribution >= 4 is 17.0 Å². The number of hydrogen-bond acceptors (Lipinski definition) is 2. The summed E-state index contributed by atoms with van der Waals surface area (Å²) in [5.41, 5.74) is 2.60. The lowest BCUT2D eigenvalue weighted by atomic mass is 10.1. The largest absolute Gasteiger partial charge is 0.380 e. The topological polar surface area (TPSA) is 12.0 Å². The molecule has 0 spiro atoms. The van der Waals surface area contributed by atoms with Crippen LogP contribution in [-0.2, 0) is 19.4 Å². The van der Waals surface area contributed by atoms with Gasteiger partial charge in [-0.1, -0.05) is 26.0 Å². The lowest BCUT2D eigenvalue weighted by Gasteiger charge is -2.06. The number of aryl methyl sites for hydroxylation is 2. The van der Waals surface area contributed by atoms with Gasteiger partial charge in [-0.3, -0.25) is 0 Å². The van der Waals surface area contributed by atoms with Gasteiger partial charge in [0.25, 0.3) is 0 Å². The molecule has 2 rings (SSSR count). The first-order valence-corrected chi connectivity index (χ1v) is 7.04. The molecule has 0 saturated heterocycles. The molecule has 1 N–H and O–H groups in total. The highest BCUT2D eigenvalue weighted by molar-refractivity contribution is 7.12. The average Bonchev–Trinajstić information content (AvgIpc) is 2.84. The second-order valence-corrected chi connectivity index (χ2v) is 5.38. The van der Waals surface area contributed by atoms with Crippen molar-refractivity contribution < 1.29 is 0 Å². The molecular weight excluding hydrogens is 226 g/mol. The van der Waals surface area contributed by atoms with Crippen LogP contribution in [0.25, 0.3) is 0 Å². The Hall–Kier alpha value is -1.28. The number of benzene rings is 1. The molecule has 0 aliphatic carbocycles. The van der Waals surface area contributed by atoms with E-state index in [-0.39, 0.29) is 0 Å². The van der Waals surface area contributed by atoms with Crippen LogP contribution in [0.15, 0.2) is 36.4 Å². The third-order valence-electron chi connectivity index (χ3n) is 2.87. The molecule has 1 aromatic heterocycles. The van der Waals surface area contributed by atoms with Crippen molar-refractivity contribution in [1.29, 1.82) is 0 Å². The van der Waals surface area contributed by atoms with Gasteiger partial charge in [-0.25, -0.2) is 0 Å². The zero-order chi connectivity index (χ0) is 12.1. The van der Waals surface area contributed by atoms with Crippen LogP contribution in [0.2, 0.25) is 0 Å². The number of anilines is 1. The van der Waals surface area contributed by atoms with Gasteiger partial charge in [0.05, 0.1) is 0 Å². The van der Waals surface area contributed by atoms with Crippen LogP contribution in [-0.4, -0.2) is 0 Å². The van der Waals surface area contributed by atoms with Crippen LogP contribution in [0.5, 0.6) is 0 Å². The van der Waals surface area contributed by atoms with Gasteiger partial charge in [0.1, 0.15) is 0 Å². The van der Waals surface area contributed by atoms with Crippen LogP contribution in [0.4, 0.5) is 5.69 Å². The average molecular weight is 245 g/mol. The van der Waals surface area contributed by atoms with Crippen molar-refractivity contribution in [2.75, 3.05) is 5.32 Å². The van der Waals surface area contributed by atoms with Crippen LogP contribution < -0.4 is 5.32 Å². The Morgan fingerprint density at radius 3 is 2.53 bits per heavy atom. The van der Waals surface area contributed by atoms with E-state index >= 15 is 0 Å². The van der Waals surface area contributed by atoms with Gasteiger partial charge in [-0.15, -0.1) is 11.3 Å². The quantitative estimate of drug-likeness (QED) is 0.818. The van der Waals surface area contributed by atoms with Gasteiger partial charge in [0, 0.05) is 22.0 Å². The smallest absolute Gasteiger partial charge is 0.0494 e. The minimum Gasteiger partial charge on any atom is -0.380 e. The molecular formula is C15H19NS. The Bertz CT molecular complexity index is 473. The lowest BCUT2D eigenvalue weighted by Crippen LogP contribution is -1.97. The highest BCUT2D eigenvalue weighted by atomic mass is 32.1. The van der Waals surface area contributed by atoms with Crippen LogP contribution in [0, 0.1) is 0 Å². The van der Waals surface area contributed by atoms with Crippen LogP contribution >= 0.6 is 11.3 Å². The first-order chi connectivity index (χ1) is 8.31. The lowest BCUT2D eigenvalue weighted by molar-refractivity contribution is 1.13. The fourth-order valence-corrected chi connectivity index (χ4v) is 2.70. The molecule has 1 aromatic carbocycles. The standard InChI is InChI=1S/C15H19NS/c1-3-12-6-5-7-13(10-12)16-11-15-9-8-14(4-2)17-15/h5-10,16H,3-4,11H2,1-2H3. The minimum atomic E-state index is 0.928. The summed E-state index contributed by atoms with van der Waals surface area (Å²) in [6.07, 6.45) is 2.23. The maximum absolute atomic E-state index is 3.48. The Morgan fingerprint density at radius 2 is 1.82 bits per heavy atom. The van der Waals surface area contributed by atoms with Crippen LogP contribution in [0.1, 0.15) is 29.2 Å². The molecule has 17 heavy (non-hydrogen) atoms. The fourth-order valence-electron chi connectivity index (χ4n) is 1.80. The Labute approximate surface area is 108 Å². The first-order valence-electron chi connectivity index (χ1n) is 6.22. The van der Waals surface area contributed by atoms with Crippen molar-refractivity contribution in [2.45, 2.75) is 33.2 Å². The molecule has 0 amide bonds. The van der Waals surface area contributed by atoms with E-state index in [1.165, 1.54) is 21.0 Å². The van der Waals surface area contributed by atoms with Crippen molar-refractivity contribution in [3.63, 3.8) is 0 Å². The zero-order valence-electron chi connectivity index (χ0n) is 10.5. The molecule has 1 heterocycles. The SMILES string of the molecule is CCc1cccc(NCc2ccc(CC)s2)c1. The van der Waals surface area contributed by atoms with E-state index in [0.717, 1.165) is 19.4 Å². The summed E-state index contributed by atoms with van der Waals surface area (Å²) in [6.45, 7) is 5.32. The molecule has 0 fully saturated rings. The number of thiophene rings is 1. The molecule has 0 saturated carbocycles. The summed E-state index contributed by atoms with van der Waals surface area (Å²) in [5.74, 6) is 0. The van der Waals surface area contributed by atoms with Crippen molar-refractivity contribution in [1.82, 2.24) is 0 Å². The summed E-state index contributed by atoms with van der Waals surface area (Å²) < 4.78 is 0. The van der Waals surface area contributed by atoms with E-state index < -0.39 is 0 Å². The zero-order valence-corrected chi connectivity index (χ0v) is 11.3. The van der Waals surface area contributed by atoms with Gasteiger partial charge >= 0.3 is 0 Å². The summed E-state index contributed by atoms with van der Waals surface area (Å²) in [5, 5.41) is 3.48. The van der Waals surface area contributed by atoms with E-state index in [1.54, 1.807) is 0 Å². The van der Waals surface area contributed by atoms with Gasteiger partial charge in [-0.2, -0.15) is 0 Å². The van der Waals surface area contributed by atoms with E-state index in [9.17, 15) is 0 Å². The highest BCUT2D eigenvalue weighted by Gasteiger charge is 1.99. The summed E-state index contributed by atoms with van der Waals surface area (Å²) in [6, 6.07) is 13.1.